The van der Waals surface area contributed by atoms with Crippen molar-refractivity contribution in [3.05, 3.63) is 24.2 Å². The highest BCUT2D eigenvalue weighted by atomic mass is 32.2. The van der Waals surface area contributed by atoms with Crippen LogP contribution in [0.5, 0.6) is 0 Å². The number of rotatable bonds is 8. The van der Waals surface area contributed by atoms with Crippen molar-refractivity contribution in [3.8, 4) is 0 Å². The van der Waals surface area contributed by atoms with E-state index in [1.165, 1.54) is 12.8 Å². The van der Waals surface area contributed by atoms with E-state index in [1.54, 1.807) is 6.26 Å². The molecule has 6 heteroatoms. The molecule has 136 valence electrons. The molecule has 1 aromatic heterocycles. The van der Waals surface area contributed by atoms with Crippen LogP contribution in [-0.2, 0) is 0 Å². The molecule has 0 bridgehead atoms. The molecule has 1 aliphatic rings. The molecule has 1 atom stereocenters. The quantitative estimate of drug-likeness (QED) is 0.556. The van der Waals surface area contributed by atoms with E-state index in [2.05, 4.69) is 48.6 Å². The Balaban J connectivity index is 2.00. The molecule has 0 amide bonds. The molecular weight excluding hydrogens is 320 g/mol. The van der Waals surface area contributed by atoms with Gasteiger partial charge >= 0.3 is 0 Å². The normalized spacial score (nSPS) is 17.9. The molecule has 1 saturated heterocycles. The minimum absolute atomic E-state index is 0.151. The minimum atomic E-state index is 0.151. The summed E-state index contributed by atoms with van der Waals surface area (Å²) in [4.78, 5) is 7.26. The lowest BCUT2D eigenvalue weighted by Gasteiger charge is -2.27. The zero-order chi connectivity index (χ0) is 17.4. The van der Waals surface area contributed by atoms with Gasteiger partial charge in [-0.1, -0.05) is 0 Å². The van der Waals surface area contributed by atoms with Crippen LogP contribution in [0.25, 0.3) is 0 Å². The van der Waals surface area contributed by atoms with Crippen molar-refractivity contribution in [2.24, 2.45) is 4.99 Å². The van der Waals surface area contributed by atoms with Crippen LogP contribution >= 0.6 is 11.8 Å². The maximum absolute atomic E-state index is 5.69. The van der Waals surface area contributed by atoms with Crippen LogP contribution in [0, 0.1) is 0 Å². The molecule has 0 aliphatic carbocycles. The average molecular weight is 353 g/mol. The molecule has 1 unspecified atom stereocenters. The molecule has 24 heavy (non-hydrogen) atoms. The lowest BCUT2D eigenvalue weighted by atomic mass is 10.2. The van der Waals surface area contributed by atoms with Gasteiger partial charge in [0, 0.05) is 17.8 Å². The highest BCUT2D eigenvalue weighted by molar-refractivity contribution is 7.99. The van der Waals surface area contributed by atoms with Crippen LogP contribution in [0.1, 0.15) is 45.4 Å². The third-order valence-corrected chi connectivity index (χ3v) is 5.66. The maximum Gasteiger partial charge on any atom is 0.191 e. The Kier molecular flexibility index (Phi) is 7.49. The molecule has 5 nitrogen and oxygen atoms in total. The van der Waals surface area contributed by atoms with E-state index in [9.17, 15) is 0 Å². The first-order valence-corrected chi connectivity index (χ1v) is 10.1. The molecule has 2 N–H and O–H groups in total. The first kappa shape index (κ1) is 19.2. The number of thioether (sulfide) groups is 1. The van der Waals surface area contributed by atoms with Crippen molar-refractivity contribution in [2.75, 3.05) is 39.0 Å². The van der Waals surface area contributed by atoms with E-state index in [4.69, 9.17) is 9.41 Å². The Hall–Kier alpha value is -1.14. The summed E-state index contributed by atoms with van der Waals surface area (Å²) in [5.41, 5.74) is 0. The number of aliphatic imine (C=N–C) groups is 1. The molecule has 2 rings (SSSR count). The number of nitrogens with zero attached hydrogens (tertiary/aromatic N) is 2. The van der Waals surface area contributed by atoms with Gasteiger partial charge in [-0.05, 0) is 65.1 Å². The second kappa shape index (κ2) is 9.37. The smallest absolute Gasteiger partial charge is 0.191 e. The van der Waals surface area contributed by atoms with E-state index in [1.807, 2.05) is 17.8 Å². The monoisotopic (exact) mass is 352 g/mol. The molecule has 1 aliphatic heterocycles. The molecule has 1 fully saturated rings. The van der Waals surface area contributed by atoms with E-state index in [-0.39, 0.29) is 10.8 Å². The van der Waals surface area contributed by atoms with Gasteiger partial charge in [-0.2, -0.15) is 11.8 Å². The second-order valence-corrected chi connectivity index (χ2v) is 8.33. The first-order chi connectivity index (χ1) is 11.6. The van der Waals surface area contributed by atoms with Gasteiger partial charge in [-0.15, -0.1) is 0 Å². The lowest BCUT2D eigenvalue weighted by Crippen LogP contribution is -2.43. The molecule has 2 heterocycles. The second-order valence-electron chi connectivity index (χ2n) is 6.81. The van der Waals surface area contributed by atoms with Gasteiger partial charge in [-0.25, -0.2) is 0 Å². The zero-order valence-corrected chi connectivity index (χ0v) is 16.3. The number of hydrogen-bond acceptors (Lipinski definition) is 4. The largest absolute Gasteiger partial charge is 0.468 e. The Morgan fingerprint density at radius 3 is 2.71 bits per heavy atom. The summed E-state index contributed by atoms with van der Waals surface area (Å²) in [5.74, 6) is 1.92. The van der Waals surface area contributed by atoms with E-state index >= 15 is 0 Å². The van der Waals surface area contributed by atoms with Crippen LogP contribution in [-0.4, -0.2) is 54.6 Å². The van der Waals surface area contributed by atoms with Crippen molar-refractivity contribution in [1.82, 2.24) is 15.5 Å². The molecule has 0 saturated carbocycles. The SMILES string of the molecule is CCNC(=NCC(C)(C)SC)NCC(c1ccco1)N1CCCC1. The van der Waals surface area contributed by atoms with Crippen molar-refractivity contribution in [1.29, 1.82) is 0 Å². The minimum Gasteiger partial charge on any atom is -0.468 e. The van der Waals surface area contributed by atoms with E-state index < -0.39 is 0 Å². The van der Waals surface area contributed by atoms with E-state index in [0.29, 0.717) is 0 Å². The fourth-order valence-corrected chi connectivity index (χ4v) is 3.01. The predicted octanol–water partition coefficient (Wildman–Crippen LogP) is 3.11. The van der Waals surface area contributed by atoms with E-state index in [0.717, 1.165) is 44.4 Å². The van der Waals surface area contributed by atoms with Gasteiger partial charge in [0.25, 0.3) is 0 Å². The van der Waals surface area contributed by atoms with Gasteiger partial charge in [0.2, 0.25) is 0 Å². The van der Waals surface area contributed by atoms with Gasteiger partial charge in [0.05, 0.1) is 18.8 Å². The first-order valence-electron chi connectivity index (χ1n) is 8.90. The molecular formula is C18H32N4OS. The van der Waals surface area contributed by atoms with Crippen LogP contribution in [0.15, 0.2) is 27.8 Å². The molecule has 0 radical (unpaired) electrons. The van der Waals surface area contributed by atoms with Crippen LogP contribution in [0.4, 0.5) is 0 Å². The molecule has 0 aromatic carbocycles. The van der Waals surface area contributed by atoms with Crippen LogP contribution in [0.2, 0.25) is 0 Å². The van der Waals surface area contributed by atoms with Gasteiger partial charge < -0.3 is 15.1 Å². The van der Waals surface area contributed by atoms with Crippen molar-refractivity contribution < 1.29 is 4.42 Å². The number of likely N-dealkylation sites (tertiary alicyclic amines) is 1. The third kappa shape index (κ3) is 5.74. The average Bonchev–Trinajstić information content (AvgIpc) is 3.27. The highest BCUT2D eigenvalue weighted by Gasteiger charge is 2.25. The van der Waals surface area contributed by atoms with Crippen LogP contribution in [0.3, 0.4) is 0 Å². The summed E-state index contributed by atoms with van der Waals surface area (Å²) in [6, 6.07) is 4.31. The summed E-state index contributed by atoms with van der Waals surface area (Å²) >= 11 is 1.84. The van der Waals surface area contributed by atoms with Gasteiger partial charge in [0.1, 0.15) is 5.76 Å². The standard InChI is InChI=1S/C18H32N4OS/c1-5-19-17(21-14-18(2,3)24-4)20-13-15(16-9-8-12-23-16)22-10-6-7-11-22/h8-9,12,15H,5-7,10-11,13-14H2,1-4H3,(H2,19,20,21). The summed E-state index contributed by atoms with van der Waals surface area (Å²) < 4.78 is 5.84. The summed E-state index contributed by atoms with van der Waals surface area (Å²) in [5, 5.41) is 6.86. The Labute approximate surface area is 150 Å². The summed E-state index contributed by atoms with van der Waals surface area (Å²) in [6.07, 6.45) is 6.44. The number of furan rings is 1. The van der Waals surface area contributed by atoms with Crippen molar-refractivity contribution in [3.63, 3.8) is 0 Å². The predicted molar refractivity (Wildman–Crippen MR) is 104 cm³/mol. The summed E-state index contributed by atoms with van der Waals surface area (Å²) in [6.45, 7) is 11.3. The van der Waals surface area contributed by atoms with Crippen molar-refractivity contribution in [2.45, 2.75) is 44.4 Å². The Morgan fingerprint density at radius 1 is 1.38 bits per heavy atom. The summed E-state index contributed by atoms with van der Waals surface area (Å²) in [7, 11) is 0. The van der Waals surface area contributed by atoms with Crippen LogP contribution < -0.4 is 10.6 Å². The fraction of sp³-hybridized carbons (Fsp3) is 0.722. The topological polar surface area (TPSA) is 52.8 Å². The van der Waals surface area contributed by atoms with Gasteiger partial charge in [0.15, 0.2) is 5.96 Å². The number of guanidine groups is 1. The van der Waals surface area contributed by atoms with Crippen molar-refractivity contribution >= 4 is 17.7 Å². The third-order valence-electron chi connectivity index (χ3n) is 4.43. The Morgan fingerprint density at radius 2 is 2.12 bits per heavy atom. The fourth-order valence-electron chi connectivity index (χ4n) is 2.81. The maximum atomic E-state index is 5.69. The van der Waals surface area contributed by atoms with Gasteiger partial charge in [-0.3, -0.25) is 9.89 Å². The molecule has 0 spiro atoms. The number of nitrogens with one attached hydrogen (secondary N) is 2. The lowest BCUT2D eigenvalue weighted by molar-refractivity contribution is 0.215. The Bertz CT molecular complexity index is 495. The highest BCUT2D eigenvalue weighted by Crippen LogP contribution is 2.25. The zero-order valence-electron chi connectivity index (χ0n) is 15.5. The number of hydrogen-bond donors (Lipinski definition) is 2. The molecule has 1 aromatic rings.